The third kappa shape index (κ3) is 4.64. The molecule has 0 spiro atoms. The third-order valence-corrected chi connectivity index (χ3v) is 4.57. The van der Waals surface area contributed by atoms with Crippen molar-refractivity contribution in [2.24, 2.45) is 0 Å². The van der Waals surface area contributed by atoms with E-state index in [2.05, 4.69) is 4.98 Å². The molecule has 0 N–H and O–H groups in total. The molecule has 0 saturated heterocycles. The maximum absolute atomic E-state index is 12.5. The standard InChI is InChI=1S/C23H23N3O3/c1-4-17(3)29-22-20(26-12-8-9-16(2)21(26)25-22)13-19(14-24)23(27)28-15-18-10-6-5-7-11-18/h5-13,17H,4,15H2,1-3H3. The van der Waals surface area contributed by atoms with Crippen LogP contribution in [0.1, 0.15) is 37.1 Å². The molecule has 1 aromatic carbocycles. The number of hydrogen-bond acceptors (Lipinski definition) is 5. The minimum atomic E-state index is -0.687. The Bertz CT molecular complexity index is 1080. The second-order valence-corrected chi connectivity index (χ2v) is 6.76. The SMILES string of the molecule is CCC(C)Oc1nc2c(C)cccn2c1C=C(C#N)C(=O)OCc1ccccc1. The van der Waals surface area contributed by atoms with Crippen LogP contribution >= 0.6 is 0 Å². The first-order valence-corrected chi connectivity index (χ1v) is 9.50. The fourth-order valence-electron chi connectivity index (χ4n) is 2.77. The van der Waals surface area contributed by atoms with E-state index >= 15 is 0 Å². The quantitative estimate of drug-likeness (QED) is 0.338. The summed E-state index contributed by atoms with van der Waals surface area (Å²) >= 11 is 0. The number of benzene rings is 1. The predicted octanol–water partition coefficient (Wildman–Crippen LogP) is 4.47. The number of fused-ring (bicyclic) bond motifs is 1. The summed E-state index contributed by atoms with van der Waals surface area (Å²) in [5.74, 6) is -0.300. The van der Waals surface area contributed by atoms with Crippen LogP contribution in [-0.2, 0) is 16.1 Å². The summed E-state index contributed by atoms with van der Waals surface area (Å²) in [6.07, 6.45) is 4.06. The molecule has 0 aliphatic heterocycles. The van der Waals surface area contributed by atoms with Crippen molar-refractivity contribution in [1.29, 1.82) is 5.26 Å². The summed E-state index contributed by atoms with van der Waals surface area (Å²) < 4.78 is 13.1. The summed E-state index contributed by atoms with van der Waals surface area (Å²) in [6, 6.07) is 15.1. The number of aryl methyl sites for hydroxylation is 1. The van der Waals surface area contributed by atoms with Gasteiger partial charge in [0.25, 0.3) is 0 Å². The van der Waals surface area contributed by atoms with E-state index in [0.29, 0.717) is 17.2 Å². The van der Waals surface area contributed by atoms with Crippen LogP contribution in [0, 0.1) is 18.3 Å². The Labute approximate surface area is 170 Å². The van der Waals surface area contributed by atoms with E-state index in [-0.39, 0.29) is 18.3 Å². The Hall–Kier alpha value is -3.59. The van der Waals surface area contributed by atoms with Crippen LogP contribution in [0.3, 0.4) is 0 Å². The Morgan fingerprint density at radius 3 is 2.72 bits per heavy atom. The van der Waals surface area contributed by atoms with E-state index in [4.69, 9.17) is 9.47 Å². The number of nitrogens with zero attached hydrogens (tertiary/aromatic N) is 3. The van der Waals surface area contributed by atoms with Crippen molar-refractivity contribution < 1.29 is 14.3 Å². The zero-order valence-corrected chi connectivity index (χ0v) is 16.8. The van der Waals surface area contributed by atoms with Gasteiger partial charge in [0.15, 0.2) is 0 Å². The zero-order valence-electron chi connectivity index (χ0n) is 16.8. The number of imidazole rings is 1. The van der Waals surface area contributed by atoms with Gasteiger partial charge in [-0.15, -0.1) is 0 Å². The van der Waals surface area contributed by atoms with Crippen LogP contribution in [0.5, 0.6) is 5.88 Å². The molecule has 2 aromatic heterocycles. The van der Waals surface area contributed by atoms with Crippen molar-refractivity contribution in [3.05, 3.63) is 71.1 Å². The lowest BCUT2D eigenvalue weighted by Crippen LogP contribution is -2.11. The largest absolute Gasteiger partial charge is 0.473 e. The summed E-state index contributed by atoms with van der Waals surface area (Å²) in [7, 11) is 0. The molecule has 29 heavy (non-hydrogen) atoms. The van der Waals surface area contributed by atoms with Gasteiger partial charge >= 0.3 is 5.97 Å². The highest BCUT2D eigenvalue weighted by Crippen LogP contribution is 2.26. The first kappa shape index (κ1) is 20.2. The molecule has 3 rings (SSSR count). The Morgan fingerprint density at radius 1 is 1.28 bits per heavy atom. The molecular formula is C23H23N3O3. The fraction of sp³-hybridized carbons (Fsp3) is 0.261. The topological polar surface area (TPSA) is 76.6 Å². The number of aromatic nitrogens is 2. The van der Waals surface area contributed by atoms with Crippen LogP contribution in [0.15, 0.2) is 54.2 Å². The number of carbonyl (C=O) groups excluding carboxylic acids is 1. The number of nitriles is 1. The van der Waals surface area contributed by atoms with Gasteiger partial charge in [-0.3, -0.25) is 4.40 Å². The van der Waals surface area contributed by atoms with E-state index in [9.17, 15) is 10.1 Å². The fourth-order valence-corrected chi connectivity index (χ4v) is 2.77. The first-order chi connectivity index (χ1) is 14.0. The highest BCUT2D eigenvalue weighted by molar-refractivity contribution is 5.98. The highest BCUT2D eigenvalue weighted by Gasteiger charge is 2.19. The van der Waals surface area contributed by atoms with Crippen molar-refractivity contribution in [2.75, 3.05) is 0 Å². The van der Waals surface area contributed by atoms with Gasteiger partial charge in [-0.25, -0.2) is 4.79 Å². The van der Waals surface area contributed by atoms with Crippen molar-refractivity contribution in [3.63, 3.8) is 0 Å². The number of esters is 1. The van der Waals surface area contributed by atoms with Gasteiger partial charge in [0.05, 0.1) is 6.10 Å². The third-order valence-electron chi connectivity index (χ3n) is 4.57. The Balaban J connectivity index is 1.95. The normalized spacial score (nSPS) is 12.4. The molecule has 2 heterocycles. The van der Waals surface area contributed by atoms with Crippen LogP contribution in [0.2, 0.25) is 0 Å². The van der Waals surface area contributed by atoms with E-state index in [1.807, 2.05) is 79.9 Å². The van der Waals surface area contributed by atoms with Gasteiger partial charge in [-0.2, -0.15) is 10.2 Å². The molecule has 3 aromatic rings. The predicted molar refractivity (Wildman–Crippen MR) is 110 cm³/mol. The molecule has 0 aliphatic rings. The van der Waals surface area contributed by atoms with Gasteiger partial charge in [0.1, 0.15) is 29.6 Å². The van der Waals surface area contributed by atoms with Gasteiger partial charge in [0, 0.05) is 6.20 Å². The summed E-state index contributed by atoms with van der Waals surface area (Å²) in [5.41, 5.74) is 2.96. The molecule has 1 atom stereocenters. The molecule has 0 fully saturated rings. The van der Waals surface area contributed by atoms with E-state index in [1.54, 1.807) is 0 Å². The summed E-state index contributed by atoms with van der Waals surface area (Å²) in [4.78, 5) is 17.1. The van der Waals surface area contributed by atoms with Gasteiger partial charge in [-0.05, 0) is 43.5 Å². The molecule has 6 heteroatoms. The number of rotatable bonds is 7. The number of pyridine rings is 1. The van der Waals surface area contributed by atoms with Gasteiger partial charge in [0.2, 0.25) is 5.88 Å². The molecular weight excluding hydrogens is 366 g/mol. The first-order valence-electron chi connectivity index (χ1n) is 9.50. The zero-order chi connectivity index (χ0) is 20.8. The maximum Gasteiger partial charge on any atom is 0.349 e. The molecule has 0 aliphatic carbocycles. The molecule has 6 nitrogen and oxygen atoms in total. The number of hydrogen-bond donors (Lipinski definition) is 0. The number of ether oxygens (including phenoxy) is 2. The summed E-state index contributed by atoms with van der Waals surface area (Å²) in [6.45, 7) is 6.01. The lowest BCUT2D eigenvalue weighted by atomic mass is 10.2. The molecule has 0 bridgehead atoms. The van der Waals surface area contributed by atoms with Crippen LogP contribution in [0.4, 0.5) is 0 Å². The van der Waals surface area contributed by atoms with E-state index < -0.39 is 5.97 Å². The molecule has 0 saturated carbocycles. The van der Waals surface area contributed by atoms with Crippen molar-refractivity contribution in [2.45, 2.75) is 39.9 Å². The van der Waals surface area contributed by atoms with Crippen LogP contribution in [-0.4, -0.2) is 21.5 Å². The molecule has 0 radical (unpaired) electrons. The second kappa shape index (κ2) is 9.07. The van der Waals surface area contributed by atoms with Crippen molar-refractivity contribution in [3.8, 4) is 11.9 Å². The Kier molecular flexibility index (Phi) is 6.30. The summed E-state index contributed by atoms with van der Waals surface area (Å²) in [5, 5.41) is 9.55. The lowest BCUT2D eigenvalue weighted by molar-refractivity contribution is -0.139. The molecule has 148 valence electrons. The van der Waals surface area contributed by atoms with E-state index in [1.165, 1.54) is 6.08 Å². The van der Waals surface area contributed by atoms with Crippen molar-refractivity contribution in [1.82, 2.24) is 9.38 Å². The van der Waals surface area contributed by atoms with Crippen LogP contribution < -0.4 is 4.74 Å². The molecule has 0 amide bonds. The van der Waals surface area contributed by atoms with Gasteiger partial charge < -0.3 is 9.47 Å². The number of carbonyl (C=O) groups is 1. The monoisotopic (exact) mass is 389 g/mol. The second-order valence-electron chi connectivity index (χ2n) is 6.76. The van der Waals surface area contributed by atoms with Gasteiger partial charge in [-0.1, -0.05) is 43.3 Å². The van der Waals surface area contributed by atoms with Crippen molar-refractivity contribution >= 4 is 17.7 Å². The Morgan fingerprint density at radius 2 is 2.03 bits per heavy atom. The minimum absolute atomic E-state index is 0.0528. The van der Waals surface area contributed by atoms with Crippen LogP contribution in [0.25, 0.3) is 11.7 Å². The highest BCUT2D eigenvalue weighted by atomic mass is 16.5. The molecule has 1 unspecified atom stereocenters. The lowest BCUT2D eigenvalue weighted by Gasteiger charge is -2.10. The average molecular weight is 389 g/mol. The smallest absolute Gasteiger partial charge is 0.349 e. The van der Waals surface area contributed by atoms with E-state index in [0.717, 1.165) is 17.5 Å². The maximum atomic E-state index is 12.5. The average Bonchev–Trinajstić information content (AvgIpc) is 3.09. The minimum Gasteiger partial charge on any atom is -0.473 e.